The molecule has 0 amide bonds. The molecule has 0 saturated heterocycles. The van der Waals surface area contributed by atoms with Crippen molar-refractivity contribution in [3.05, 3.63) is 11.9 Å². The summed E-state index contributed by atoms with van der Waals surface area (Å²) < 4.78 is 0. The zero-order chi connectivity index (χ0) is 13.5. The average molecular weight is 252 g/mol. The lowest BCUT2D eigenvalue weighted by Crippen LogP contribution is -2.25. The van der Waals surface area contributed by atoms with Crippen molar-refractivity contribution in [2.24, 2.45) is 5.92 Å². The van der Waals surface area contributed by atoms with E-state index in [1.807, 2.05) is 20.9 Å². The highest BCUT2D eigenvalue weighted by Gasteiger charge is 2.13. The van der Waals surface area contributed by atoms with Gasteiger partial charge in [-0.1, -0.05) is 27.2 Å². The molecule has 0 aliphatic carbocycles. The molecule has 0 saturated carbocycles. The van der Waals surface area contributed by atoms with Crippen LogP contribution in [0.2, 0.25) is 0 Å². The van der Waals surface area contributed by atoms with Gasteiger partial charge in [0.05, 0.1) is 6.10 Å². The number of hydrogen-bond acceptors (Lipinski definition) is 5. The lowest BCUT2D eigenvalue weighted by molar-refractivity contribution is 0.138. The lowest BCUT2D eigenvalue weighted by Gasteiger charge is -2.18. The van der Waals surface area contributed by atoms with E-state index in [2.05, 4.69) is 27.5 Å². The fourth-order valence-electron chi connectivity index (χ4n) is 1.70. The van der Waals surface area contributed by atoms with E-state index in [0.29, 0.717) is 6.54 Å². The fraction of sp³-hybridized carbons (Fsp3) is 0.692. The number of anilines is 2. The Balaban J connectivity index is 2.80. The normalized spacial score (nSPS) is 12.6. The highest BCUT2D eigenvalue weighted by Crippen LogP contribution is 2.21. The number of aliphatic hydroxyl groups is 1. The summed E-state index contributed by atoms with van der Waals surface area (Å²) >= 11 is 0. The summed E-state index contributed by atoms with van der Waals surface area (Å²) in [5.74, 6) is 1.90. The van der Waals surface area contributed by atoms with Gasteiger partial charge in [-0.15, -0.1) is 0 Å². The van der Waals surface area contributed by atoms with E-state index in [-0.39, 0.29) is 12.0 Å². The van der Waals surface area contributed by atoms with Gasteiger partial charge in [-0.3, -0.25) is 0 Å². The van der Waals surface area contributed by atoms with E-state index in [1.165, 1.54) is 6.33 Å². The van der Waals surface area contributed by atoms with E-state index in [0.717, 1.165) is 30.0 Å². The highest BCUT2D eigenvalue weighted by atomic mass is 16.3. The zero-order valence-corrected chi connectivity index (χ0v) is 11.7. The van der Waals surface area contributed by atoms with E-state index >= 15 is 0 Å². The summed E-state index contributed by atoms with van der Waals surface area (Å²) in [6.07, 6.45) is 3.11. The minimum Gasteiger partial charge on any atom is -0.391 e. The Kier molecular flexibility index (Phi) is 5.85. The Bertz CT molecular complexity index is 368. The second-order valence-corrected chi connectivity index (χ2v) is 4.74. The van der Waals surface area contributed by atoms with Crippen molar-refractivity contribution >= 4 is 11.6 Å². The number of nitrogens with one attached hydrogen (secondary N) is 2. The van der Waals surface area contributed by atoms with Crippen molar-refractivity contribution in [1.29, 1.82) is 0 Å². The van der Waals surface area contributed by atoms with Gasteiger partial charge < -0.3 is 15.7 Å². The first-order valence-corrected chi connectivity index (χ1v) is 6.53. The number of rotatable bonds is 7. The van der Waals surface area contributed by atoms with Crippen LogP contribution in [0.3, 0.4) is 0 Å². The van der Waals surface area contributed by atoms with Crippen molar-refractivity contribution in [2.75, 3.05) is 24.2 Å². The maximum Gasteiger partial charge on any atom is 0.134 e. The molecule has 1 atom stereocenters. The maximum absolute atomic E-state index is 9.81. The molecule has 1 heterocycles. The Labute approximate surface area is 109 Å². The van der Waals surface area contributed by atoms with Crippen LogP contribution in [0.1, 0.15) is 32.8 Å². The molecule has 0 bridgehead atoms. The van der Waals surface area contributed by atoms with Crippen molar-refractivity contribution in [3.8, 4) is 0 Å². The SMILES string of the molecule is CCCc1c(NC)ncnc1NCC(O)C(C)C. The van der Waals surface area contributed by atoms with Crippen molar-refractivity contribution in [1.82, 2.24) is 9.97 Å². The Morgan fingerprint density at radius 2 is 1.94 bits per heavy atom. The zero-order valence-electron chi connectivity index (χ0n) is 11.7. The number of aromatic nitrogens is 2. The number of nitrogens with zero attached hydrogens (tertiary/aromatic N) is 2. The lowest BCUT2D eigenvalue weighted by atomic mass is 10.1. The fourth-order valence-corrected chi connectivity index (χ4v) is 1.70. The van der Waals surface area contributed by atoms with Gasteiger partial charge in [-0.05, 0) is 12.3 Å². The second-order valence-electron chi connectivity index (χ2n) is 4.74. The summed E-state index contributed by atoms with van der Waals surface area (Å²) in [5.41, 5.74) is 1.08. The van der Waals surface area contributed by atoms with Crippen LogP contribution in [0.15, 0.2) is 6.33 Å². The quantitative estimate of drug-likeness (QED) is 0.691. The third-order valence-electron chi connectivity index (χ3n) is 2.93. The Morgan fingerprint density at radius 3 is 2.50 bits per heavy atom. The van der Waals surface area contributed by atoms with Gasteiger partial charge in [0.1, 0.15) is 18.0 Å². The maximum atomic E-state index is 9.81. The molecule has 0 radical (unpaired) electrons. The molecule has 5 heteroatoms. The van der Waals surface area contributed by atoms with Crippen molar-refractivity contribution in [3.63, 3.8) is 0 Å². The largest absolute Gasteiger partial charge is 0.391 e. The van der Waals surface area contributed by atoms with Gasteiger partial charge >= 0.3 is 0 Å². The standard InChI is InChI=1S/C13H24N4O/c1-5-6-10-12(14-4)16-8-17-13(10)15-7-11(18)9(2)3/h8-9,11,18H,5-7H2,1-4H3,(H2,14,15,16,17). The molecule has 1 unspecified atom stereocenters. The highest BCUT2D eigenvalue weighted by molar-refractivity contribution is 5.57. The molecular weight excluding hydrogens is 228 g/mol. The topological polar surface area (TPSA) is 70.1 Å². The van der Waals surface area contributed by atoms with E-state index in [1.54, 1.807) is 0 Å². The van der Waals surface area contributed by atoms with Crippen LogP contribution in [0, 0.1) is 5.92 Å². The molecule has 1 aromatic rings. The molecule has 102 valence electrons. The molecule has 0 aliphatic rings. The van der Waals surface area contributed by atoms with Gasteiger partial charge in [0.25, 0.3) is 0 Å². The first kappa shape index (κ1) is 14.7. The minimum atomic E-state index is -0.368. The molecule has 5 nitrogen and oxygen atoms in total. The second kappa shape index (κ2) is 7.16. The molecule has 1 aromatic heterocycles. The summed E-state index contributed by atoms with van der Waals surface area (Å²) in [6.45, 7) is 6.63. The van der Waals surface area contributed by atoms with Crippen molar-refractivity contribution < 1.29 is 5.11 Å². The van der Waals surface area contributed by atoms with Gasteiger partial charge in [0.15, 0.2) is 0 Å². The molecule has 1 rings (SSSR count). The predicted octanol–water partition coefficient (Wildman–Crippen LogP) is 1.90. The first-order valence-electron chi connectivity index (χ1n) is 6.53. The molecular formula is C13H24N4O. The van der Waals surface area contributed by atoms with Crippen LogP contribution < -0.4 is 10.6 Å². The monoisotopic (exact) mass is 252 g/mol. The summed E-state index contributed by atoms with van der Waals surface area (Å²) in [5, 5.41) is 16.1. The van der Waals surface area contributed by atoms with Gasteiger partial charge in [-0.25, -0.2) is 9.97 Å². The third kappa shape index (κ3) is 3.84. The van der Waals surface area contributed by atoms with Gasteiger partial charge in [0.2, 0.25) is 0 Å². The number of hydrogen-bond donors (Lipinski definition) is 3. The first-order chi connectivity index (χ1) is 8.60. The Morgan fingerprint density at radius 1 is 1.28 bits per heavy atom. The van der Waals surface area contributed by atoms with E-state index < -0.39 is 0 Å². The Hall–Kier alpha value is -1.36. The molecule has 0 aromatic carbocycles. The molecule has 0 fully saturated rings. The van der Waals surface area contributed by atoms with Gasteiger partial charge in [-0.2, -0.15) is 0 Å². The van der Waals surface area contributed by atoms with Crippen LogP contribution >= 0.6 is 0 Å². The summed E-state index contributed by atoms with van der Waals surface area (Å²) in [6, 6.07) is 0. The van der Waals surface area contributed by atoms with Crippen molar-refractivity contribution in [2.45, 2.75) is 39.7 Å². The molecule has 18 heavy (non-hydrogen) atoms. The van der Waals surface area contributed by atoms with Crippen LogP contribution in [0.25, 0.3) is 0 Å². The van der Waals surface area contributed by atoms with E-state index in [9.17, 15) is 5.11 Å². The third-order valence-corrected chi connectivity index (χ3v) is 2.93. The molecule has 0 spiro atoms. The van der Waals surface area contributed by atoms with Crippen LogP contribution in [-0.2, 0) is 6.42 Å². The number of aliphatic hydroxyl groups excluding tert-OH is 1. The summed E-state index contributed by atoms with van der Waals surface area (Å²) in [7, 11) is 1.86. The average Bonchev–Trinajstić information content (AvgIpc) is 2.37. The predicted molar refractivity (Wildman–Crippen MR) is 74.9 cm³/mol. The summed E-state index contributed by atoms with van der Waals surface area (Å²) in [4.78, 5) is 8.48. The minimum absolute atomic E-state index is 0.234. The van der Waals surface area contributed by atoms with E-state index in [4.69, 9.17) is 0 Å². The van der Waals surface area contributed by atoms with Crippen LogP contribution in [-0.4, -0.2) is 34.8 Å². The molecule has 0 aliphatic heterocycles. The van der Waals surface area contributed by atoms with Crippen LogP contribution in [0.4, 0.5) is 11.6 Å². The van der Waals surface area contributed by atoms with Crippen LogP contribution in [0.5, 0.6) is 0 Å². The smallest absolute Gasteiger partial charge is 0.134 e. The molecule has 3 N–H and O–H groups in total. The van der Waals surface area contributed by atoms with Gasteiger partial charge in [0, 0.05) is 19.2 Å².